The third-order valence-electron chi connectivity index (χ3n) is 4.88. The molecule has 0 saturated carbocycles. The molecule has 2 rings (SSSR count). The average molecular weight is 397 g/mol. The van der Waals surface area contributed by atoms with Gasteiger partial charge in [0.25, 0.3) is 0 Å². The number of nitrogens with one attached hydrogen (secondary N) is 1. The van der Waals surface area contributed by atoms with E-state index in [1.165, 1.54) is 29.4 Å². The smallest absolute Gasteiger partial charge is 0.243 e. The Morgan fingerprint density at radius 1 is 1.22 bits per heavy atom. The monoisotopic (exact) mass is 397 g/mol. The minimum atomic E-state index is -3.69. The van der Waals surface area contributed by atoms with Crippen LogP contribution >= 0.6 is 0 Å². The quantitative estimate of drug-likeness (QED) is 0.710. The molecule has 0 bridgehead atoms. The number of amides is 2. The molecule has 0 spiro atoms. The Morgan fingerprint density at radius 2 is 1.81 bits per heavy atom. The first-order chi connectivity index (χ1) is 12.7. The number of likely N-dealkylation sites (tertiary alicyclic amines) is 1. The van der Waals surface area contributed by atoms with E-state index in [4.69, 9.17) is 0 Å². The van der Waals surface area contributed by atoms with Crippen molar-refractivity contribution >= 4 is 27.5 Å². The van der Waals surface area contributed by atoms with Crippen LogP contribution in [-0.2, 0) is 19.6 Å². The molecule has 1 aliphatic rings. The third-order valence-corrected chi connectivity index (χ3v) is 6.93. The van der Waals surface area contributed by atoms with Gasteiger partial charge in [-0.2, -0.15) is 4.31 Å². The highest BCUT2D eigenvalue weighted by Crippen LogP contribution is 2.29. The minimum absolute atomic E-state index is 0.0131. The van der Waals surface area contributed by atoms with Gasteiger partial charge in [-0.25, -0.2) is 8.42 Å². The summed E-state index contributed by atoms with van der Waals surface area (Å²) in [4.78, 5) is 25.6. The molecule has 1 aromatic carbocycles. The number of anilines is 1. The lowest BCUT2D eigenvalue weighted by atomic mass is 9.96. The number of benzene rings is 1. The Labute approximate surface area is 160 Å². The van der Waals surface area contributed by atoms with Crippen LogP contribution < -0.4 is 5.32 Å². The average Bonchev–Trinajstić information content (AvgIpc) is 2.64. The topological polar surface area (TPSA) is 107 Å². The van der Waals surface area contributed by atoms with Crippen molar-refractivity contribution in [2.45, 2.75) is 38.5 Å². The van der Waals surface area contributed by atoms with Gasteiger partial charge in [-0.15, -0.1) is 0 Å². The number of carbonyl (C=O) groups is 2. The van der Waals surface area contributed by atoms with Crippen LogP contribution in [0.25, 0.3) is 0 Å². The van der Waals surface area contributed by atoms with Crippen LogP contribution in [0.3, 0.4) is 0 Å². The van der Waals surface area contributed by atoms with Crippen LogP contribution in [0.15, 0.2) is 23.1 Å². The van der Waals surface area contributed by atoms with Gasteiger partial charge < -0.3 is 15.3 Å². The van der Waals surface area contributed by atoms with E-state index in [9.17, 15) is 23.1 Å². The van der Waals surface area contributed by atoms with Crippen molar-refractivity contribution in [2.24, 2.45) is 5.92 Å². The van der Waals surface area contributed by atoms with Gasteiger partial charge >= 0.3 is 0 Å². The van der Waals surface area contributed by atoms with Crippen molar-refractivity contribution in [3.05, 3.63) is 18.2 Å². The van der Waals surface area contributed by atoms with Crippen molar-refractivity contribution in [1.82, 2.24) is 9.21 Å². The number of sulfonamides is 1. The Kier molecular flexibility index (Phi) is 6.83. The molecule has 0 aliphatic carbocycles. The van der Waals surface area contributed by atoms with Gasteiger partial charge in [-0.1, -0.05) is 13.8 Å². The number of phenols is 1. The van der Waals surface area contributed by atoms with E-state index in [0.29, 0.717) is 39.0 Å². The fourth-order valence-corrected chi connectivity index (χ4v) is 4.66. The second kappa shape index (κ2) is 8.71. The molecular weight excluding hydrogens is 370 g/mol. The molecule has 2 amide bonds. The van der Waals surface area contributed by atoms with Crippen LogP contribution in [0, 0.1) is 5.92 Å². The number of piperidine rings is 1. The van der Waals surface area contributed by atoms with Crippen LogP contribution in [-0.4, -0.2) is 60.7 Å². The largest absolute Gasteiger partial charge is 0.506 e. The second-order valence-electron chi connectivity index (χ2n) is 6.54. The Morgan fingerprint density at radius 3 is 2.33 bits per heavy atom. The maximum Gasteiger partial charge on any atom is 0.243 e. The molecule has 27 heavy (non-hydrogen) atoms. The van der Waals surface area contributed by atoms with Crippen molar-refractivity contribution in [2.75, 3.05) is 31.5 Å². The predicted octanol–water partition coefficient (Wildman–Crippen LogP) is 1.62. The molecule has 0 aromatic heterocycles. The number of phenolic OH excluding ortho intramolecular Hbond substituents is 1. The predicted molar refractivity (Wildman–Crippen MR) is 102 cm³/mol. The van der Waals surface area contributed by atoms with E-state index in [0.717, 1.165) is 0 Å². The van der Waals surface area contributed by atoms with Crippen LogP contribution in [0.5, 0.6) is 5.75 Å². The standard InChI is InChI=1S/C18H27N3O5S/c1-4-21(5-2)27(25,26)15-6-7-17(23)16(12-15)19-18(24)14-8-10-20(11-9-14)13(3)22/h6-7,12,14,23H,4-5,8-11H2,1-3H3,(H,19,24). The van der Waals surface area contributed by atoms with Crippen molar-refractivity contribution < 1.29 is 23.1 Å². The van der Waals surface area contributed by atoms with E-state index in [2.05, 4.69) is 5.32 Å². The number of nitrogens with zero attached hydrogens (tertiary/aromatic N) is 2. The number of hydrogen-bond acceptors (Lipinski definition) is 5. The zero-order valence-electron chi connectivity index (χ0n) is 15.9. The molecule has 9 heteroatoms. The van der Waals surface area contributed by atoms with Gasteiger partial charge in [-0.05, 0) is 31.0 Å². The molecule has 0 radical (unpaired) electrons. The molecule has 150 valence electrons. The number of carbonyl (C=O) groups excluding carboxylic acids is 2. The summed E-state index contributed by atoms with van der Waals surface area (Å²) < 4.78 is 26.6. The summed E-state index contributed by atoms with van der Waals surface area (Å²) in [5.41, 5.74) is 0.0715. The van der Waals surface area contributed by atoms with E-state index in [1.54, 1.807) is 18.7 Å². The molecule has 1 saturated heterocycles. The van der Waals surface area contributed by atoms with E-state index in [1.807, 2.05) is 0 Å². The molecule has 0 atom stereocenters. The number of aromatic hydroxyl groups is 1. The van der Waals surface area contributed by atoms with Crippen LogP contribution in [0.1, 0.15) is 33.6 Å². The van der Waals surface area contributed by atoms with Gasteiger partial charge in [0.05, 0.1) is 10.6 Å². The Hall–Kier alpha value is -2.13. The molecular formula is C18H27N3O5S. The zero-order valence-corrected chi connectivity index (χ0v) is 16.8. The van der Waals surface area contributed by atoms with Crippen molar-refractivity contribution in [1.29, 1.82) is 0 Å². The fourth-order valence-electron chi connectivity index (χ4n) is 3.18. The SMILES string of the molecule is CCN(CC)S(=O)(=O)c1ccc(O)c(NC(=O)C2CCN(C(C)=O)CC2)c1. The van der Waals surface area contributed by atoms with Gasteiger partial charge in [0.1, 0.15) is 5.75 Å². The number of hydrogen-bond donors (Lipinski definition) is 2. The fraction of sp³-hybridized carbons (Fsp3) is 0.556. The van der Waals surface area contributed by atoms with Gasteiger partial charge in [0.15, 0.2) is 0 Å². The molecule has 8 nitrogen and oxygen atoms in total. The van der Waals surface area contributed by atoms with Crippen LogP contribution in [0.2, 0.25) is 0 Å². The summed E-state index contributed by atoms with van der Waals surface area (Å²) >= 11 is 0. The highest BCUT2D eigenvalue weighted by Gasteiger charge is 2.27. The van der Waals surface area contributed by atoms with Crippen molar-refractivity contribution in [3.8, 4) is 5.75 Å². The number of rotatable bonds is 6. The maximum absolute atomic E-state index is 12.6. The van der Waals surface area contributed by atoms with Crippen LogP contribution in [0.4, 0.5) is 5.69 Å². The first-order valence-electron chi connectivity index (χ1n) is 9.10. The lowest BCUT2D eigenvalue weighted by Gasteiger charge is -2.30. The highest BCUT2D eigenvalue weighted by molar-refractivity contribution is 7.89. The molecule has 1 aliphatic heterocycles. The summed E-state index contributed by atoms with van der Waals surface area (Å²) in [5.74, 6) is -0.780. The van der Waals surface area contributed by atoms with E-state index in [-0.39, 0.29) is 34.1 Å². The first-order valence-corrected chi connectivity index (χ1v) is 10.5. The van der Waals surface area contributed by atoms with Crippen molar-refractivity contribution in [3.63, 3.8) is 0 Å². The summed E-state index contributed by atoms with van der Waals surface area (Å²) in [6.45, 7) is 6.67. The maximum atomic E-state index is 12.6. The Bertz CT molecular complexity index is 797. The van der Waals surface area contributed by atoms with Gasteiger partial charge in [0, 0.05) is 39.0 Å². The molecule has 1 aromatic rings. The molecule has 1 heterocycles. The second-order valence-corrected chi connectivity index (χ2v) is 8.48. The minimum Gasteiger partial charge on any atom is -0.506 e. The highest BCUT2D eigenvalue weighted by atomic mass is 32.2. The summed E-state index contributed by atoms with van der Waals surface area (Å²) in [7, 11) is -3.69. The summed E-state index contributed by atoms with van der Waals surface area (Å²) in [6.07, 6.45) is 1.06. The first kappa shape index (κ1) is 21.2. The van der Waals surface area contributed by atoms with E-state index >= 15 is 0 Å². The lowest BCUT2D eigenvalue weighted by molar-refractivity contribution is -0.132. The van der Waals surface area contributed by atoms with Gasteiger partial charge in [-0.3, -0.25) is 9.59 Å². The summed E-state index contributed by atoms with van der Waals surface area (Å²) in [5, 5.41) is 12.7. The normalized spacial score (nSPS) is 15.8. The zero-order chi connectivity index (χ0) is 20.2. The van der Waals surface area contributed by atoms with Gasteiger partial charge in [0.2, 0.25) is 21.8 Å². The van der Waals surface area contributed by atoms with E-state index < -0.39 is 10.0 Å². The molecule has 1 fully saturated rings. The molecule has 0 unspecified atom stereocenters. The molecule has 2 N–H and O–H groups in total. The lowest BCUT2D eigenvalue weighted by Crippen LogP contribution is -2.40. The summed E-state index contributed by atoms with van der Waals surface area (Å²) in [6, 6.07) is 3.87. The third kappa shape index (κ3) is 4.78. The Balaban J connectivity index is 2.15.